The smallest absolute Gasteiger partial charge is 0.228 e. The fraction of sp³-hybridized carbons (Fsp3) is 0.286. The maximum Gasteiger partial charge on any atom is 0.228 e. The van der Waals surface area contributed by atoms with Crippen LogP contribution in [0.3, 0.4) is 0 Å². The lowest BCUT2D eigenvalue weighted by Crippen LogP contribution is -2.59. The number of aliphatic imine (C=N–C) groups is 1. The Bertz CT molecular complexity index is 1040. The van der Waals surface area contributed by atoms with Gasteiger partial charge >= 0.3 is 0 Å². The highest BCUT2D eigenvalue weighted by atomic mass is 35.5. The molecule has 10 nitrogen and oxygen atoms in total. The van der Waals surface area contributed by atoms with Crippen molar-refractivity contribution in [3.63, 3.8) is 0 Å². The highest BCUT2D eigenvalue weighted by molar-refractivity contribution is 6.30. The van der Waals surface area contributed by atoms with Crippen molar-refractivity contribution in [3.05, 3.63) is 47.0 Å². The molecule has 2 aliphatic rings. The van der Waals surface area contributed by atoms with Crippen molar-refractivity contribution in [2.24, 2.45) is 10.8 Å². The fourth-order valence-corrected chi connectivity index (χ4v) is 4.08. The molecule has 0 aliphatic carbocycles. The summed E-state index contributed by atoms with van der Waals surface area (Å²) in [7, 11) is 0. The number of nitrogens with zero attached hydrogens (tertiary/aromatic N) is 2. The van der Waals surface area contributed by atoms with E-state index in [1.165, 1.54) is 0 Å². The van der Waals surface area contributed by atoms with Gasteiger partial charge in [-0.2, -0.15) is 0 Å². The molecule has 2 amide bonds. The van der Waals surface area contributed by atoms with Gasteiger partial charge < -0.3 is 20.8 Å². The lowest BCUT2D eigenvalue weighted by Gasteiger charge is -2.42. The van der Waals surface area contributed by atoms with Crippen LogP contribution in [0.1, 0.15) is 18.4 Å². The lowest BCUT2D eigenvalue weighted by atomic mass is 9.86. The zero-order valence-electron chi connectivity index (χ0n) is 17.2. The van der Waals surface area contributed by atoms with Gasteiger partial charge in [-0.1, -0.05) is 23.7 Å². The third kappa shape index (κ3) is 4.53. The van der Waals surface area contributed by atoms with Crippen molar-refractivity contribution in [1.29, 1.82) is 0 Å². The third-order valence-electron chi connectivity index (χ3n) is 5.51. The van der Waals surface area contributed by atoms with E-state index in [0.717, 1.165) is 16.3 Å². The Hall–Kier alpha value is -3.18. The van der Waals surface area contributed by atoms with Gasteiger partial charge in [-0.3, -0.25) is 9.59 Å². The normalized spacial score (nSPS) is 16.4. The molecule has 6 N–H and O–H groups in total. The van der Waals surface area contributed by atoms with E-state index >= 15 is 0 Å². The summed E-state index contributed by atoms with van der Waals surface area (Å²) in [5.74, 6) is 6.47. The summed E-state index contributed by atoms with van der Waals surface area (Å²) in [6.45, 7) is 1.70. The Morgan fingerprint density at radius 2 is 2.06 bits per heavy atom. The van der Waals surface area contributed by atoms with E-state index in [1.54, 1.807) is 12.1 Å². The summed E-state index contributed by atoms with van der Waals surface area (Å²) in [4.78, 5) is 27.1. The fourth-order valence-electron chi connectivity index (χ4n) is 3.87. The Morgan fingerprint density at radius 1 is 1.25 bits per heavy atom. The SMILES string of the molecule is NN(C=O)c1cc2c(cc1NC=O)NC1(CCOCC1)C(NNCc1cccc(Cl)c1)=N2. The molecule has 2 aromatic rings. The molecule has 168 valence electrons. The van der Waals surface area contributed by atoms with E-state index in [0.29, 0.717) is 73.3 Å². The average molecular weight is 458 g/mol. The molecule has 0 unspecified atom stereocenters. The highest BCUT2D eigenvalue weighted by Crippen LogP contribution is 2.42. The Morgan fingerprint density at radius 3 is 2.78 bits per heavy atom. The number of fused-ring (bicyclic) bond motifs is 1. The van der Waals surface area contributed by atoms with Crippen LogP contribution < -0.4 is 32.3 Å². The number of halogens is 1. The zero-order valence-corrected chi connectivity index (χ0v) is 18.0. The van der Waals surface area contributed by atoms with Gasteiger partial charge in [-0.25, -0.2) is 21.3 Å². The topological polar surface area (TPSA) is 133 Å². The molecule has 4 rings (SSSR count). The number of anilines is 3. The predicted octanol–water partition coefficient (Wildman–Crippen LogP) is 2.04. The number of rotatable bonds is 7. The summed E-state index contributed by atoms with van der Waals surface area (Å²) >= 11 is 6.07. The van der Waals surface area contributed by atoms with Gasteiger partial charge in [0.15, 0.2) is 0 Å². The lowest BCUT2D eigenvalue weighted by molar-refractivity contribution is -0.107. The molecule has 1 fully saturated rings. The van der Waals surface area contributed by atoms with Crippen LogP contribution >= 0.6 is 11.6 Å². The number of hydrogen-bond donors (Lipinski definition) is 5. The van der Waals surface area contributed by atoms with Crippen LogP contribution in [-0.4, -0.2) is 37.4 Å². The second-order valence-corrected chi connectivity index (χ2v) is 7.99. The van der Waals surface area contributed by atoms with Gasteiger partial charge in [0.25, 0.3) is 0 Å². The number of amides is 2. The summed E-state index contributed by atoms with van der Waals surface area (Å²) in [5.41, 5.74) is 9.03. The number of benzene rings is 2. The van der Waals surface area contributed by atoms with Crippen molar-refractivity contribution >= 4 is 53.0 Å². The summed E-state index contributed by atoms with van der Waals surface area (Å²) in [6, 6.07) is 11.0. The number of hydrogen-bond acceptors (Lipinski definition) is 8. The molecule has 11 heteroatoms. The molecule has 2 aliphatic heterocycles. The van der Waals surface area contributed by atoms with Crippen LogP contribution in [0.2, 0.25) is 5.02 Å². The number of nitrogens with one attached hydrogen (secondary N) is 4. The Balaban J connectivity index is 1.65. The molecule has 1 saturated heterocycles. The second kappa shape index (κ2) is 9.53. The Labute approximate surface area is 190 Å². The van der Waals surface area contributed by atoms with Gasteiger partial charge in [0.2, 0.25) is 12.8 Å². The van der Waals surface area contributed by atoms with Crippen LogP contribution in [0.25, 0.3) is 0 Å². The van der Waals surface area contributed by atoms with E-state index in [9.17, 15) is 9.59 Å². The molecule has 2 aromatic carbocycles. The molecule has 0 saturated carbocycles. The summed E-state index contributed by atoms with van der Waals surface area (Å²) in [6.07, 6.45) is 2.40. The van der Waals surface area contributed by atoms with E-state index in [-0.39, 0.29) is 0 Å². The van der Waals surface area contributed by atoms with Crippen molar-refractivity contribution in [3.8, 4) is 0 Å². The van der Waals surface area contributed by atoms with Gasteiger partial charge in [0.05, 0.1) is 22.7 Å². The maximum absolute atomic E-state index is 11.2. The number of nitrogens with two attached hydrogens (primary N) is 1. The van der Waals surface area contributed by atoms with E-state index in [2.05, 4.69) is 21.5 Å². The average Bonchev–Trinajstić information content (AvgIpc) is 2.79. The number of ether oxygens (including phenoxy) is 1. The van der Waals surface area contributed by atoms with Crippen molar-refractivity contribution in [2.75, 3.05) is 28.9 Å². The number of carbonyl (C=O) groups is 2. The minimum Gasteiger partial charge on any atom is -0.381 e. The standard InChI is InChI=1S/C21H24ClN7O3/c22-15-3-1-2-14(8-15)11-25-28-20-21(4-6-32-7-5-21)27-17-9-18(24-12-30)19(29(23)13-31)10-16(17)26-20/h1-3,8-10,12-13,25,27H,4-7,11,23H2,(H,24,30)(H,26,28). The van der Waals surface area contributed by atoms with Crippen molar-refractivity contribution < 1.29 is 14.3 Å². The van der Waals surface area contributed by atoms with Crippen LogP contribution in [-0.2, 0) is 20.9 Å². The maximum atomic E-state index is 11.2. The highest BCUT2D eigenvalue weighted by Gasteiger charge is 2.41. The van der Waals surface area contributed by atoms with Crippen LogP contribution in [0, 0.1) is 0 Å². The molecule has 0 aromatic heterocycles. The molecule has 1 spiro atoms. The number of carbonyl (C=O) groups excluding carboxylic acids is 2. The minimum atomic E-state index is -0.473. The first-order valence-corrected chi connectivity index (χ1v) is 10.5. The quantitative estimate of drug-likeness (QED) is 0.186. The molecule has 0 radical (unpaired) electrons. The zero-order chi connectivity index (χ0) is 22.6. The summed E-state index contributed by atoms with van der Waals surface area (Å²) in [5, 5.41) is 7.72. The largest absolute Gasteiger partial charge is 0.381 e. The number of amidine groups is 1. The van der Waals surface area contributed by atoms with Gasteiger partial charge in [-0.05, 0) is 29.8 Å². The van der Waals surface area contributed by atoms with Gasteiger partial charge in [0, 0.05) is 37.6 Å². The van der Waals surface area contributed by atoms with Crippen molar-refractivity contribution in [1.82, 2.24) is 10.9 Å². The van der Waals surface area contributed by atoms with E-state index in [4.69, 9.17) is 27.2 Å². The first kappa shape index (κ1) is 22.0. The second-order valence-electron chi connectivity index (χ2n) is 7.55. The Kier molecular flexibility index (Phi) is 6.56. The third-order valence-corrected chi connectivity index (χ3v) is 5.75. The first-order valence-electron chi connectivity index (χ1n) is 10.1. The minimum absolute atomic E-state index is 0.325. The molecular formula is C21H24ClN7O3. The van der Waals surface area contributed by atoms with E-state index < -0.39 is 5.54 Å². The molecule has 32 heavy (non-hydrogen) atoms. The van der Waals surface area contributed by atoms with E-state index in [1.807, 2.05) is 24.3 Å². The van der Waals surface area contributed by atoms with Gasteiger partial charge in [-0.15, -0.1) is 0 Å². The van der Waals surface area contributed by atoms with Crippen LogP contribution in [0.5, 0.6) is 0 Å². The first-order chi connectivity index (χ1) is 15.5. The molecule has 2 heterocycles. The predicted molar refractivity (Wildman–Crippen MR) is 124 cm³/mol. The van der Waals surface area contributed by atoms with Crippen LogP contribution in [0.15, 0.2) is 41.4 Å². The van der Waals surface area contributed by atoms with Crippen LogP contribution in [0.4, 0.5) is 22.7 Å². The number of hydrazine groups is 2. The van der Waals surface area contributed by atoms with Gasteiger partial charge in [0.1, 0.15) is 11.4 Å². The monoisotopic (exact) mass is 457 g/mol. The molecule has 0 atom stereocenters. The van der Waals surface area contributed by atoms with Crippen molar-refractivity contribution in [2.45, 2.75) is 24.9 Å². The molecular weight excluding hydrogens is 434 g/mol. The summed E-state index contributed by atoms with van der Waals surface area (Å²) < 4.78 is 5.57. The molecule has 0 bridgehead atoms.